The molecule has 3 saturated carbocycles. The Morgan fingerprint density at radius 1 is 1.10 bits per heavy atom. The van der Waals surface area contributed by atoms with Crippen molar-refractivity contribution in [2.75, 3.05) is 13.2 Å². The quantitative estimate of drug-likeness (QED) is 0.323. The second-order valence-electron chi connectivity index (χ2n) is 14.2. The van der Waals surface area contributed by atoms with Crippen molar-refractivity contribution in [3.63, 3.8) is 0 Å². The summed E-state index contributed by atoms with van der Waals surface area (Å²) in [5, 5.41) is 10.6. The van der Waals surface area contributed by atoms with Gasteiger partial charge in [0.05, 0.1) is 25.4 Å². The highest BCUT2D eigenvalue weighted by Gasteiger charge is 2.62. The van der Waals surface area contributed by atoms with Crippen molar-refractivity contribution in [2.24, 2.45) is 40.4 Å². The van der Waals surface area contributed by atoms with Crippen molar-refractivity contribution in [3.05, 3.63) is 30.1 Å². The van der Waals surface area contributed by atoms with Crippen LogP contribution in [0.25, 0.3) is 0 Å². The maximum Gasteiger partial charge on any atom is 0.475 e. The Kier molecular flexibility index (Phi) is 8.63. The summed E-state index contributed by atoms with van der Waals surface area (Å²) >= 11 is 0. The number of phosphoric acid groups is 1. The molecule has 0 bridgehead atoms. The Labute approximate surface area is 243 Å². The van der Waals surface area contributed by atoms with Crippen molar-refractivity contribution in [3.8, 4) is 0 Å². The first-order valence-electron chi connectivity index (χ1n) is 16.1. The summed E-state index contributed by atoms with van der Waals surface area (Å²) < 4.78 is 30.6. The van der Waals surface area contributed by atoms with Gasteiger partial charge in [-0.05, 0) is 127 Å². The number of hydrogen-bond acceptors (Lipinski definition) is 6. The minimum absolute atomic E-state index is 0.0806. The van der Waals surface area contributed by atoms with E-state index >= 15 is 0 Å². The molecule has 224 valence electrons. The molecular weight excluding hydrogens is 540 g/mol. The lowest BCUT2D eigenvalue weighted by atomic mass is 9.50. The zero-order chi connectivity index (χ0) is 28.1. The van der Waals surface area contributed by atoms with E-state index in [1.54, 1.807) is 12.4 Å². The largest absolute Gasteiger partial charge is 0.475 e. The van der Waals surface area contributed by atoms with Crippen molar-refractivity contribution < 1.29 is 23.2 Å². The van der Waals surface area contributed by atoms with Crippen LogP contribution >= 0.6 is 16.4 Å². The van der Waals surface area contributed by atoms with Crippen molar-refractivity contribution in [1.82, 2.24) is 4.98 Å². The molecule has 0 spiro atoms. The number of aliphatic hydroxyl groups excluding tert-OH is 1. The van der Waals surface area contributed by atoms with Crippen LogP contribution in [-0.4, -0.2) is 40.7 Å². The molecule has 5 fully saturated rings. The molecule has 6 rings (SSSR count). The van der Waals surface area contributed by atoms with Gasteiger partial charge in [0.25, 0.3) is 0 Å². The van der Waals surface area contributed by atoms with Gasteiger partial charge in [-0.25, -0.2) is 4.57 Å². The molecule has 13 atom stereocenters. The van der Waals surface area contributed by atoms with Crippen LogP contribution in [0.3, 0.4) is 0 Å². The third kappa shape index (κ3) is 5.30. The summed E-state index contributed by atoms with van der Waals surface area (Å²) in [4.78, 5) is 4.08. The van der Waals surface area contributed by atoms with Gasteiger partial charge in [-0.1, -0.05) is 27.7 Å². The number of aromatic nitrogens is 1. The molecule has 8 heteroatoms. The molecule has 0 radical (unpaired) electrons. The third-order valence-corrected chi connectivity index (χ3v) is 16.3. The van der Waals surface area contributed by atoms with Crippen LogP contribution in [0.2, 0.25) is 0 Å². The average Bonchev–Trinajstić information content (AvgIpc) is 3.31. The Bertz CT molecular complexity index is 1070. The van der Waals surface area contributed by atoms with Gasteiger partial charge in [0.2, 0.25) is 0 Å². The lowest BCUT2D eigenvalue weighted by Crippen LogP contribution is -2.57. The zero-order valence-corrected chi connectivity index (χ0v) is 26.9. The standard InChI is InChI=1S/C32H51NO5P2/c1-5-29-27-20-23(34)8-14-32(27,4)26-9-15-31(3)24(6-7-25(31)30(26)39-29)21(2)12-18-36-40(35)37-19-13-28(38-40)22-10-16-33-17-11-22/h10-11,16-17,21,23-30,34,39H,5-9,12-15,18-20H2,1-4H3/t21-,23-,24-,25?,26?,27?,28+,29-,30?,31-,32-,40+/m1/s1. The number of pyridine rings is 1. The maximum atomic E-state index is 13.3. The molecule has 5 aliphatic rings. The molecule has 40 heavy (non-hydrogen) atoms. The highest BCUT2D eigenvalue weighted by atomic mass is 31.2. The van der Waals surface area contributed by atoms with Crippen molar-refractivity contribution >= 4 is 16.4 Å². The van der Waals surface area contributed by atoms with Gasteiger partial charge < -0.3 is 5.11 Å². The van der Waals surface area contributed by atoms with E-state index in [4.69, 9.17) is 13.6 Å². The van der Waals surface area contributed by atoms with E-state index in [2.05, 4.69) is 32.7 Å². The SMILES string of the molecule is CC[C@H]1PC2C(CC[C@@]3(C)C2CC[C@@H]3[C@H](C)CCO[P@@]2(=O)OCC[C@@H](c3ccncc3)O2)[C@@]2(C)CC[C@@H](O)CC12. The van der Waals surface area contributed by atoms with Gasteiger partial charge >= 0.3 is 7.82 Å². The molecule has 3 aliphatic carbocycles. The van der Waals surface area contributed by atoms with Crippen molar-refractivity contribution in [2.45, 2.75) is 115 Å². The maximum absolute atomic E-state index is 13.3. The molecule has 1 N–H and O–H groups in total. The van der Waals surface area contributed by atoms with Gasteiger partial charge in [0.15, 0.2) is 0 Å². The molecule has 5 unspecified atom stereocenters. The van der Waals surface area contributed by atoms with Crippen LogP contribution in [-0.2, 0) is 18.1 Å². The average molecular weight is 592 g/mol. The lowest BCUT2D eigenvalue weighted by molar-refractivity contribution is -0.0685. The minimum Gasteiger partial charge on any atom is -0.393 e. The van der Waals surface area contributed by atoms with E-state index < -0.39 is 7.82 Å². The Morgan fingerprint density at radius 2 is 1.85 bits per heavy atom. The first-order valence-corrected chi connectivity index (χ1v) is 18.7. The third-order valence-electron chi connectivity index (χ3n) is 12.4. The number of aliphatic hydroxyl groups is 1. The van der Waals surface area contributed by atoms with E-state index in [1.165, 1.54) is 38.5 Å². The normalized spacial score (nSPS) is 48.2. The van der Waals surface area contributed by atoms with Gasteiger partial charge in [-0.2, -0.15) is 0 Å². The Balaban J connectivity index is 1.09. The predicted octanol–water partition coefficient (Wildman–Crippen LogP) is 8.16. The van der Waals surface area contributed by atoms with E-state index in [0.717, 1.165) is 56.6 Å². The summed E-state index contributed by atoms with van der Waals surface area (Å²) in [5.41, 5.74) is 3.41. The Hall–Kier alpha value is -0.350. The van der Waals surface area contributed by atoms with E-state index in [1.807, 2.05) is 12.1 Å². The van der Waals surface area contributed by atoms with Crippen LogP contribution < -0.4 is 0 Å². The first kappa shape index (κ1) is 29.7. The molecule has 0 aromatic carbocycles. The monoisotopic (exact) mass is 591 g/mol. The molecule has 3 heterocycles. The minimum atomic E-state index is -3.56. The van der Waals surface area contributed by atoms with Crippen LogP contribution in [0.1, 0.15) is 104 Å². The fraction of sp³-hybridized carbons (Fsp3) is 0.844. The molecule has 6 nitrogen and oxygen atoms in total. The topological polar surface area (TPSA) is 77.9 Å². The molecule has 2 saturated heterocycles. The number of phosphoric ester groups is 1. The second-order valence-corrected chi connectivity index (χ2v) is 17.6. The van der Waals surface area contributed by atoms with Crippen LogP contribution in [0.15, 0.2) is 24.5 Å². The van der Waals surface area contributed by atoms with Gasteiger partial charge in [-0.3, -0.25) is 18.6 Å². The van der Waals surface area contributed by atoms with Crippen LogP contribution in [0.5, 0.6) is 0 Å². The summed E-state index contributed by atoms with van der Waals surface area (Å²) in [6.07, 6.45) is 14.5. The van der Waals surface area contributed by atoms with Crippen molar-refractivity contribution in [1.29, 1.82) is 0 Å². The number of fused-ring (bicyclic) bond motifs is 5. The van der Waals surface area contributed by atoms with E-state index in [-0.39, 0.29) is 12.2 Å². The Morgan fingerprint density at radius 3 is 2.62 bits per heavy atom. The molecule has 2 aliphatic heterocycles. The summed E-state index contributed by atoms with van der Waals surface area (Å²) in [7, 11) is -2.51. The first-order chi connectivity index (χ1) is 19.2. The highest BCUT2D eigenvalue weighted by Crippen LogP contribution is 2.71. The second kappa shape index (κ2) is 11.6. The highest BCUT2D eigenvalue weighted by molar-refractivity contribution is 7.48. The molecular formula is C32H51NO5P2. The smallest absolute Gasteiger partial charge is 0.393 e. The lowest BCUT2D eigenvalue weighted by Gasteiger charge is -2.63. The van der Waals surface area contributed by atoms with E-state index in [0.29, 0.717) is 48.2 Å². The molecule has 0 amide bonds. The fourth-order valence-electron chi connectivity index (χ4n) is 10.2. The number of nitrogens with zero attached hydrogens (tertiary/aromatic N) is 1. The van der Waals surface area contributed by atoms with Gasteiger partial charge in [0.1, 0.15) is 0 Å². The van der Waals surface area contributed by atoms with E-state index in [9.17, 15) is 9.67 Å². The fourth-order valence-corrected chi connectivity index (χ4v) is 14.6. The summed E-state index contributed by atoms with van der Waals surface area (Å²) in [5.74, 6) is 3.57. The number of rotatable bonds is 7. The molecule has 1 aromatic heterocycles. The predicted molar refractivity (Wildman–Crippen MR) is 161 cm³/mol. The van der Waals surface area contributed by atoms with Gasteiger partial charge in [-0.15, -0.1) is 8.58 Å². The summed E-state index contributed by atoms with van der Waals surface area (Å²) in [6, 6.07) is 3.81. The summed E-state index contributed by atoms with van der Waals surface area (Å²) in [6.45, 7) is 10.8. The molecule has 1 aromatic rings. The van der Waals surface area contributed by atoms with Gasteiger partial charge in [0, 0.05) is 18.8 Å². The van der Waals surface area contributed by atoms with Crippen LogP contribution in [0.4, 0.5) is 0 Å². The number of hydrogen-bond donors (Lipinski definition) is 1. The zero-order valence-electron chi connectivity index (χ0n) is 25.0. The van der Waals surface area contributed by atoms with Crippen LogP contribution in [0, 0.1) is 40.4 Å².